The molecule has 4 unspecified atom stereocenters. The van der Waals surface area contributed by atoms with Crippen LogP contribution in [0.15, 0.2) is 18.2 Å². The number of ether oxygens (including phenoxy) is 1. The van der Waals surface area contributed by atoms with Crippen LogP contribution in [-0.2, 0) is 4.79 Å². The molecule has 0 saturated heterocycles. The Morgan fingerprint density at radius 2 is 1.52 bits per heavy atom. The van der Waals surface area contributed by atoms with Crippen molar-refractivity contribution in [1.29, 1.82) is 0 Å². The Hall–Kier alpha value is -1.45. The van der Waals surface area contributed by atoms with Crippen molar-refractivity contribution >= 4 is 5.97 Å². The molecule has 0 amide bonds. The summed E-state index contributed by atoms with van der Waals surface area (Å²) in [5.41, 5.74) is 0. The van der Waals surface area contributed by atoms with E-state index in [0.29, 0.717) is 0 Å². The highest BCUT2D eigenvalue weighted by atomic mass is 19.1. The van der Waals surface area contributed by atoms with Gasteiger partial charge in [-0.2, -0.15) is 0 Å². The highest BCUT2D eigenvalue weighted by Crippen LogP contribution is 2.49. The molecule has 4 atom stereocenters. The number of carbonyl (C=O) groups is 1. The number of unbranched alkanes of at least 4 members (excludes halogenated alkanes) is 3. The van der Waals surface area contributed by atoms with E-state index in [1.807, 2.05) is 0 Å². The minimum Gasteiger partial charge on any atom is -0.423 e. The van der Waals surface area contributed by atoms with Gasteiger partial charge >= 0.3 is 5.97 Å². The molecule has 2 nitrogen and oxygen atoms in total. The zero-order valence-corrected chi connectivity index (χ0v) is 20.4. The lowest BCUT2D eigenvalue weighted by Gasteiger charge is -2.45. The van der Waals surface area contributed by atoms with E-state index in [9.17, 15) is 13.6 Å². The predicted octanol–water partition coefficient (Wildman–Crippen LogP) is 8.48. The summed E-state index contributed by atoms with van der Waals surface area (Å²) in [5.74, 6) is 2.25. The Labute approximate surface area is 198 Å². The largest absolute Gasteiger partial charge is 0.423 e. The summed E-state index contributed by atoms with van der Waals surface area (Å²) in [5, 5.41) is 0. The zero-order chi connectivity index (χ0) is 23.2. The summed E-state index contributed by atoms with van der Waals surface area (Å²) in [6.45, 7) is 2.29. The monoisotopic (exact) mass is 460 g/mol. The van der Waals surface area contributed by atoms with Crippen LogP contribution in [0.1, 0.15) is 103 Å². The SMILES string of the molecule is CCCCCCC1CCC2CC(C3CCC(C(=O)Oc4ccc(F)cc4F)CC3)CCC2C1. The predicted molar refractivity (Wildman–Crippen MR) is 128 cm³/mol. The van der Waals surface area contributed by atoms with Crippen molar-refractivity contribution in [2.45, 2.75) is 103 Å². The van der Waals surface area contributed by atoms with E-state index in [4.69, 9.17) is 4.74 Å². The molecule has 33 heavy (non-hydrogen) atoms. The van der Waals surface area contributed by atoms with Gasteiger partial charge in [0.2, 0.25) is 0 Å². The molecule has 0 heterocycles. The number of fused-ring (bicyclic) bond motifs is 1. The first-order valence-electron chi connectivity index (χ1n) is 13.7. The molecular formula is C29H42F2O2. The molecule has 3 aliphatic rings. The number of esters is 1. The van der Waals surface area contributed by atoms with Crippen molar-refractivity contribution < 1.29 is 18.3 Å². The molecule has 4 rings (SSSR count). The Bertz CT molecular complexity index is 771. The molecule has 1 aromatic rings. The van der Waals surface area contributed by atoms with Gasteiger partial charge in [-0.15, -0.1) is 0 Å². The van der Waals surface area contributed by atoms with Crippen LogP contribution in [0.2, 0.25) is 0 Å². The van der Waals surface area contributed by atoms with Gasteiger partial charge in [0.05, 0.1) is 5.92 Å². The van der Waals surface area contributed by atoms with E-state index in [2.05, 4.69) is 6.92 Å². The van der Waals surface area contributed by atoms with Gasteiger partial charge in [-0.3, -0.25) is 4.79 Å². The smallest absolute Gasteiger partial charge is 0.314 e. The van der Waals surface area contributed by atoms with Crippen LogP contribution in [0.5, 0.6) is 5.75 Å². The fraction of sp³-hybridized carbons (Fsp3) is 0.759. The van der Waals surface area contributed by atoms with E-state index >= 15 is 0 Å². The standard InChI is InChI=1S/C29H42F2O2/c1-2-3-4-5-6-20-7-8-25-18-24(14-13-23(25)17-20)21-9-11-22(12-10-21)29(32)33-28-16-15-26(30)19-27(28)31/h15-16,19-25H,2-14,17-18H2,1H3. The van der Waals surface area contributed by atoms with Crippen molar-refractivity contribution in [1.82, 2.24) is 0 Å². The zero-order valence-electron chi connectivity index (χ0n) is 20.4. The maximum atomic E-state index is 13.8. The van der Waals surface area contributed by atoms with Crippen molar-refractivity contribution in [3.63, 3.8) is 0 Å². The van der Waals surface area contributed by atoms with Gasteiger partial charge in [-0.1, -0.05) is 45.4 Å². The van der Waals surface area contributed by atoms with Crippen molar-refractivity contribution in [3.8, 4) is 5.75 Å². The summed E-state index contributed by atoms with van der Waals surface area (Å²) in [6.07, 6.45) is 19.4. The molecular weight excluding hydrogens is 418 g/mol. The average Bonchev–Trinajstić information content (AvgIpc) is 2.83. The number of benzene rings is 1. The summed E-state index contributed by atoms with van der Waals surface area (Å²) in [6, 6.07) is 3.08. The van der Waals surface area contributed by atoms with Crippen LogP contribution >= 0.6 is 0 Å². The Kier molecular flexibility index (Phi) is 8.82. The van der Waals surface area contributed by atoms with Gasteiger partial charge < -0.3 is 4.74 Å². The highest BCUT2D eigenvalue weighted by molar-refractivity contribution is 5.75. The molecule has 0 spiro atoms. The summed E-state index contributed by atoms with van der Waals surface area (Å²) in [7, 11) is 0. The molecule has 0 radical (unpaired) electrons. The Morgan fingerprint density at radius 3 is 2.24 bits per heavy atom. The van der Waals surface area contributed by atoms with Crippen LogP contribution in [0.25, 0.3) is 0 Å². The molecule has 0 aromatic heterocycles. The van der Waals surface area contributed by atoms with E-state index in [1.54, 1.807) is 0 Å². The number of hydrogen-bond acceptors (Lipinski definition) is 2. The van der Waals surface area contributed by atoms with Crippen LogP contribution in [0.4, 0.5) is 8.78 Å². The van der Waals surface area contributed by atoms with Gasteiger partial charge in [0.15, 0.2) is 11.6 Å². The molecule has 0 N–H and O–H groups in total. The van der Waals surface area contributed by atoms with Crippen molar-refractivity contribution in [2.24, 2.45) is 35.5 Å². The molecule has 184 valence electrons. The van der Waals surface area contributed by atoms with Gasteiger partial charge in [-0.25, -0.2) is 8.78 Å². The second kappa shape index (κ2) is 11.8. The fourth-order valence-corrected chi connectivity index (χ4v) is 7.15. The second-order valence-electron chi connectivity index (χ2n) is 11.2. The first-order chi connectivity index (χ1) is 16.0. The van der Waals surface area contributed by atoms with E-state index in [1.165, 1.54) is 76.7 Å². The summed E-state index contributed by atoms with van der Waals surface area (Å²) >= 11 is 0. The van der Waals surface area contributed by atoms with Crippen LogP contribution in [0.3, 0.4) is 0 Å². The first kappa shape index (κ1) is 24.7. The third-order valence-electron chi connectivity index (χ3n) is 9.10. The fourth-order valence-electron chi connectivity index (χ4n) is 7.15. The van der Waals surface area contributed by atoms with Crippen LogP contribution in [0, 0.1) is 47.1 Å². The minimum absolute atomic E-state index is 0.162. The quantitative estimate of drug-likeness (QED) is 0.221. The maximum Gasteiger partial charge on any atom is 0.314 e. The van der Waals surface area contributed by atoms with Gasteiger partial charge in [-0.05, 0) is 99.5 Å². The number of rotatable bonds is 8. The van der Waals surface area contributed by atoms with Crippen molar-refractivity contribution in [3.05, 3.63) is 29.8 Å². The number of carbonyl (C=O) groups excluding carboxylic acids is 1. The number of halogens is 2. The van der Waals surface area contributed by atoms with Crippen molar-refractivity contribution in [2.75, 3.05) is 0 Å². The summed E-state index contributed by atoms with van der Waals surface area (Å²) < 4.78 is 32.2. The third kappa shape index (κ3) is 6.57. The molecule has 3 aliphatic carbocycles. The van der Waals surface area contributed by atoms with E-state index < -0.39 is 11.6 Å². The van der Waals surface area contributed by atoms with E-state index in [-0.39, 0.29) is 17.6 Å². The first-order valence-corrected chi connectivity index (χ1v) is 13.7. The summed E-state index contributed by atoms with van der Waals surface area (Å²) in [4.78, 5) is 12.5. The molecule has 3 saturated carbocycles. The maximum absolute atomic E-state index is 13.8. The highest BCUT2D eigenvalue weighted by Gasteiger charge is 2.39. The van der Waals surface area contributed by atoms with Gasteiger partial charge in [0, 0.05) is 6.07 Å². The average molecular weight is 461 g/mol. The van der Waals surface area contributed by atoms with Crippen LogP contribution in [-0.4, -0.2) is 5.97 Å². The lowest BCUT2D eigenvalue weighted by atomic mass is 9.60. The molecule has 0 aliphatic heterocycles. The van der Waals surface area contributed by atoms with Crippen LogP contribution < -0.4 is 4.74 Å². The topological polar surface area (TPSA) is 26.3 Å². The third-order valence-corrected chi connectivity index (χ3v) is 9.10. The molecule has 0 bridgehead atoms. The second-order valence-corrected chi connectivity index (χ2v) is 11.2. The lowest BCUT2D eigenvalue weighted by Crippen LogP contribution is -2.35. The molecule has 3 fully saturated rings. The minimum atomic E-state index is -0.815. The molecule has 1 aromatic carbocycles. The van der Waals surface area contributed by atoms with Gasteiger partial charge in [0.1, 0.15) is 5.82 Å². The normalized spacial score (nSPS) is 32.2. The van der Waals surface area contributed by atoms with E-state index in [0.717, 1.165) is 67.4 Å². The van der Waals surface area contributed by atoms with Gasteiger partial charge in [0.25, 0.3) is 0 Å². The number of hydrogen-bond donors (Lipinski definition) is 0. The molecule has 4 heteroatoms. The Morgan fingerprint density at radius 1 is 0.848 bits per heavy atom. The lowest BCUT2D eigenvalue weighted by molar-refractivity contribution is -0.140. The Balaban J connectivity index is 1.19.